The molecular formula is C26H29N5O5. The predicted molar refractivity (Wildman–Crippen MR) is 136 cm³/mol. The maximum atomic E-state index is 13.1. The summed E-state index contributed by atoms with van der Waals surface area (Å²) in [5.41, 5.74) is 2.71. The van der Waals surface area contributed by atoms with Crippen LogP contribution in [0.4, 0.5) is 5.69 Å². The van der Waals surface area contributed by atoms with Gasteiger partial charge in [0.05, 0.1) is 0 Å². The summed E-state index contributed by atoms with van der Waals surface area (Å²) in [6.45, 7) is 1.16. The standard InChI is InChI=1S/C26H29N5O5/c1-31(2)11-10-28-24(32)17-12-18(26-30-23-21(36-26)6-5-9-27-23)14-19(13-17)29-25(33)16-7-8-20(34-3)22(15-16)35-4/h5-9,12-15,20,22H,10-11H2,1-4H3,(H,28,32)(H,29,33). The van der Waals surface area contributed by atoms with E-state index in [1.54, 1.807) is 69.0 Å². The molecule has 2 heterocycles. The van der Waals surface area contributed by atoms with E-state index in [0.29, 0.717) is 52.6 Å². The van der Waals surface area contributed by atoms with E-state index in [1.165, 1.54) is 0 Å². The zero-order valence-electron chi connectivity index (χ0n) is 20.6. The molecule has 188 valence electrons. The number of fused-ring (bicyclic) bond motifs is 1. The number of likely N-dealkylation sites (N-methyl/N-ethyl adjacent to an activating group) is 1. The molecule has 0 saturated carbocycles. The Bertz CT molecular complexity index is 1280. The fourth-order valence-electron chi connectivity index (χ4n) is 3.75. The van der Waals surface area contributed by atoms with Crippen LogP contribution < -0.4 is 10.6 Å². The predicted octanol–water partition coefficient (Wildman–Crippen LogP) is 2.65. The highest BCUT2D eigenvalue weighted by atomic mass is 16.5. The number of ether oxygens (including phenoxy) is 2. The van der Waals surface area contributed by atoms with Gasteiger partial charge in [0.25, 0.3) is 11.8 Å². The van der Waals surface area contributed by atoms with Gasteiger partial charge in [-0.15, -0.1) is 0 Å². The van der Waals surface area contributed by atoms with Crippen molar-refractivity contribution >= 4 is 28.7 Å². The molecule has 10 nitrogen and oxygen atoms in total. The smallest absolute Gasteiger partial charge is 0.255 e. The topological polar surface area (TPSA) is 119 Å². The molecule has 1 aromatic carbocycles. The number of carbonyl (C=O) groups excluding carboxylic acids is 2. The van der Waals surface area contributed by atoms with Crippen LogP contribution in [0.15, 0.2) is 64.7 Å². The van der Waals surface area contributed by atoms with E-state index in [0.717, 1.165) is 0 Å². The number of methoxy groups -OCH3 is 2. The monoisotopic (exact) mass is 491 g/mol. The molecule has 10 heteroatoms. The van der Waals surface area contributed by atoms with Gasteiger partial charge in [-0.05, 0) is 50.5 Å². The van der Waals surface area contributed by atoms with Crippen molar-refractivity contribution in [1.29, 1.82) is 0 Å². The van der Waals surface area contributed by atoms with Crippen molar-refractivity contribution in [3.8, 4) is 11.5 Å². The lowest BCUT2D eigenvalue weighted by molar-refractivity contribution is -0.112. The van der Waals surface area contributed by atoms with Crippen LogP contribution in [-0.2, 0) is 14.3 Å². The zero-order valence-corrected chi connectivity index (χ0v) is 20.6. The Labute approximate surface area is 209 Å². The number of nitrogens with one attached hydrogen (secondary N) is 2. The summed E-state index contributed by atoms with van der Waals surface area (Å²) in [5.74, 6) is -0.331. The van der Waals surface area contributed by atoms with Crippen molar-refractivity contribution in [2.45, 2.75) is 12.2 Å². The number of nitrogens with zero attached hydrogens (tertiary/aromatic N) is 3. The first kappa shape index (κ1) is 25.2. The quantitative estimate of drug-likeness (QED) is 0.469. The minimum Gasteiger partial charge on any atom is -0.434 e. The van der Waals surface area contributed by atoms with Gasteiger partial charge >= 0.3 is 0 Å². The van der Waals surface area contributed by atoms with Gasteiger partial charge in [0.15, 0.2) is 11.2 Å². The Kier molecular flexibility index (Phi) is 7.89. The molecule has 1 aliphatic carbocycles. The number of anilines is 1. The van der Waals surface area contributed by atoms with Gasteiger partial charge < -0.3 is 29.4 Å². The van der Waals surface area contributed by atoms with Crippen LogP contribution in [-0.4, -0.2) is 80.3 Å². The van der Waals surface area contributed by atoms with E-state index < -0.39 is 6.10 Å². The molecule has 36 heavy (non-hydrogen) atoms. The molecule has 0 saturated heterocycles. The molecule has 0 bridgehead atoms. The Morgan fingerprint density at radius 2 is 1.92 bits per heavy atom. The summed E-state index contributed by atoms with van der Waals surface area (Å²) < 4.78 is 16.6. The number of oxazole rings is 1. The van der Waals surface area contributed by atoms with Crippen LogP contribution >= 0.6 is 0 Å². The SMILES string of the molecule is COC1C=CC(C(=O)Nc2cc(C(=O)NCCN(C)C)cc(-c3nc4ncccc4o3)c2)=CC1OC. The van der Waals surface area contributed by atoms with Crippen LogP contribution in [0.25, 0.3) is 22.7 Å². The molecule has 3 aromatic rings. The third kappa shape index (κ3) is 5.85. The summed E-state index contributed by atoms with van der Waals surface area (Å²) in [5, 5.41) is 5.77. The molecular weight excluding hydrogens is 462 g/mol. The van der Waals surface area contributed by atoms with Crippen molar-refractivity contribution in [2.75, 3.05) is 46.7 Å². The highest BCUT2D eigenvalue weighted by Gasteiger charge is 2.23. The lowest BCUT2D eigenvalue weighted by Crippen LogP contribution is -2.31. The molecule has 2 aromatic heterocycles. The molecule has 0 fully saturated rings. The average Bonchev–Trinajstić information content (AvgIpc) is 3.32. The van der Waals surface area contributed by atoms with E-state index in [9.17, 15) is 9.59 Å². The number of rotatable bonds is 9. The maximum absolute atomic E-state index is 13.1. The minimum atomic E-state index is -0.391. The van der Waals surface area contributed by atoms with Crippen molar-refractivity contribution in [3.63, 3.8) is 0 Å². The minimum absolute atomic E-state index is 0.275. The normalized spacial score (nSPS) is 17.3. The van der Waals surface area contributed by atoms with E-state index in [4.69, 9.17) is 13.9 Å². The van der Waals surface area contributed by atoms with Crippen molar-refractivity contribution in [3.05, 3.63) is 65.9 Å². The first-order valence-corrected chi connectivity index (χ1v) is 11.4. The van der Waals surface area contributed by atoms with E-state index in [-0.39, 0.29) is 17.9 Å². The fourth-order valence-corrected chi connectivity index (χ4v) is 3.75. The highest BCUT2D eigenvalue weighted by Crippen LogP contribution is 2.28. The van der Waals surface area contributed by atoms with E-state index in [1.807, 2.05) is 19.0 Å². The van der Waals surface area contributed by atoms with Crippen molar-refractivity contribution in [2.24, 2.45) is 0 Å². The van der Waals surface area contributed by atoms with Gasteiger partial charge in [-0.3, -0.25) is 9.59 Å². The van der Waals surface area contributed by atoms with Crippen molar-refractivity contribution in [1.82, 2.24) is 20.2 Å². The van der Waals surface area contributed by atoms with Crippen LogP contribution in [0.3, 0.4) is 0 Å². The Morgan fingerprint density at radius 1 is 1.11 bits per heavy atom. The second-order valence-corrected chi connectivity index (χ2v) is 8.54. The lowest BCUT2D eigenvalue weighted by Gasteiger charge is -2.23. The van der Waals surface area contributed by atoms with E-state index >= 15 is 0 Å². The molecule has 2 N–H and O–H groups in total. The summed E-state index contributed by atoms with van der Waals surface area (Å²) in [7, 11) is 7.00. The number of hydrogen-bond acceptors (Lipinski definition) is 8. The molecule has 1 aliphatic rings. The maximum Gasteiger partial charge on any atom is 0.255 e. The summed E-state index contributed by atoms with van der Waals surface area (Å²) >= 11 is 0. The second-order valence-electron chi connectivity index (χ2n) is 8.54. The molecule has 4 rings (SSSR count). The molecule has 0 radical (unpaired) electrons. The molecule has 0 aliphatic heterocycles. The highest BCUT2D eigenvalue weighted by molar-refractivity contribution is 6.07. The van der Waals surface area contributed by atoms with Crippen LogP contribution in [0.2, 0.25) is 0 Å². The molecule has 0 spiro atoms. The number of hydrogen-bond donors (Lipinski definition) is 2. The number of pyridine rings is 1. The Morgan fingerprint density at radius 3 is 2.64 bits per heavy atom. The molecule has 2 unspecified atom stereocenters. The third-order valence-electron chi connectivity index (χ3n) is 5.65. The third-order valence-corrected chi connectivity index (χ3v) is 5.65. The van der Waals surface area contributed by atoms with Crippen LogP contribution in [0, 0.1) is 0 Å². The molecule has 2 atom stereocenters. The van der Waals surface area contributed by atoms with Gasteiger partial charge in [-0.25, -0.2) is 4.98 Å². The van der Waals surface area contributed by atoms with Crippen LogP contribution in [0.1, 0.15) is 10.4 Å². The van der Waals surface area contributed by atoms with Gasteiger partial charge in [0.1, 0.15) is 12.2 Å². The summed E-state index contributed by atoms with van der Waals surface area (Å²) in [6, 6.07) is 8.52. The zero-order chi connectivity index (χ0) is 25.7. The number of carbonyl (C=O) groups is 2. The van der Waals surface area contributed by atoms with Gasteiger partial charge in [-0.1, -0.05) is 12.2 Å². The summed E-state index contributed by atoms with van der Waals surface area (Å²) in [4.78, 5) is 36.6. The Hall–Kier alpha value is -3.86. The number of amides is 2. The lowest BCUT2D eigenvalue weighted by atomic mass is 10.0. The number of aromatic nitrogens is 2. The largest absolute Gasteiger partial charge is 0.434 e. The molecule has 2 amide bonds. The second kappa shape index (κ2) is 11.3. The average molecular weight is 492 g/mol. The first-order chi connectivity index (χ1) is 17.4. The van der Waals surface area contributed by atoms with Gasteiger partial charge in [0.2, 0.25) is 5.89 Å². The van der Waals surface area contributed by atoms with Gasteiger partial charge in [0, 0.05) is 55.9 Å². The summed E-state index contributed by atoms with van der Waals surface area (Å²) in [6.07, 6.45) is 6.12. The Balaban J connectivity index is 1.64. The first-order valence-electron chi connectivity index (χ1n) is 11.4. The van der Waals surface area contributed by atoms with Gasteiger partial charge in [-0.2, -0.15) is 4.98 Å². The van der Waals surface area contributed by atoms with E-state index in [2.05, 4.69) is 20.6 Å². The fraction of sp³-hybridized carbons (Fsp3) is 0.308. The van der Waals surface area contributed by atoms with Crippen LogP contribution in [0.5, 0.6) is 0 Å². The van der Waals surface area contributed by atoms with Crippen molar-refractivity contribution < 1.29 is 23.5 Å². The number of benzene rings is 1.